The fourth-order valence-electron chi connectivity index (χ4n) is 1.29. The van der Waals surface area contributed by atoms with Crippen LogP contribution in [0.25, 0.3) is 0 Å². The molecule has 0 spiro atoms. The Bertz CT molecular complexity index is 486. The molecule has 1 rings (SSSR count). The van der Waals surface area contributed by atoms with Gasteiger partial charge < -0.3 is 19.7 Å². The lowest BCUT2D eigenvalue weighted by Gasteiger charge is -2.18. The fraction of sp³-hybridized carbons (Fsp3) is 0.467. The van der Waals surface area contributed by atoms with Crippen molar-refractivity contribution in [3.05, 3.63) is 29.8 Å². The number of phenols is 1. The Balaban J connectivity index is 2.36. The summed E-state index contributed by atoms with van der Waals surface area (Å²) in [5, 5.41) is 18.7. The van der Waals surface area contributed by atoms with E-state index in [0.717, 1.165) is 0 Å². The van der Waals surface area contributed by atoms with Crippen LogP contribution in [0, 0.1) is 5.41 Å². The fourth-order valence-corrected chi connectivity index (χ4v) is 1.29. The average Bonchev–Trinajstić information content (AvgIpc) is 2.41. The molecule has 0 aliphatic heterocycles. The van der Waals surface area contributed by atoms with E-state index in [1.54, 1.807) is 20.8 Å². The molecule has 0 bridgehead atoms. The first-order chi connectivity index (χ1) is 9.70. The highest BCUT2D eigenvalue weighted by molar-refractivity contribution is 5.89. The lowest BCUT2D eigenvalue weighted by molar-refractivity contribution is -0.156. The maximum Gasteiger partial charge on any atom is 0.338 e. The molecule has 0 amide bonds. The molecule has 0 aliphatic rings. The number of hydrogen-bond acceptors (Lipinski definition) is 6. The minimum Gasteiger partial charge on any atom is -0.508 e. The number of rotatable bonds is 5. The number of aliphatic hydroxyl groups is 1. The minimum absolute atomic E-state index is 0.0423. The van der Waals surface area contributed by atoms with Crippen molar-refractivity contribution in [2.45, 2.75) is 26.9 Å². The molecule has 0 fully saturated rings. The van der Waals surface area contributed by atoms with E-state index in [1.165, 1.54) is 24.3 Å². The van der Waals surface area contributed by atoms with Crippen LogP contribution in [0.2, 0.25) is 0 Å². The summed E-state index contributed by atoms with van der Waals surface area (Å²) in [4.78, 5) is 23.1. The van der Waals surface area contributed by atoms with Gasteiger partial charge in [-0.2, -0.15) is 0 Å². The van der Waals surface area contributed by atoms with Gasteiger partial charge in [-0.05, 0) is 45.0 Å². The van der Waals surface area contributed by atoms with Gasteiger partial charge in [-0.3, -0.25) is 4.79 Å². The zero-order chi connectivity index (χ0) is 16.0. The Morgan fingerprint density at radius 3 is 2.14 bits per heavy atom. The van der Waals surface area contributed by atoms with Gasteiger partial charge in [0.15, 0.2) is 0 Å². The Kier molecular flexibility index (Phi) is 5.72. The molecule has 1 aromatic carbocycles. The lowest BCUT2D eigenvalue weighted by atomic mass is 9.97. The van der Waals surface area contributed by atoms with Crippen molar-refractivity contribution in [1.29, 1.82) is 0 Å². The average molecular weight is 296 g/mol. The van der Waals surface area contributed by atoms with Gasteiger partial charge in [-0.25, -0.2) is 4.79 Å². The van der Waals surface area contributed by atoms with Crippen molar-refractivity contribution in [2.24, 2.45) is 5.41 Å². The van der Waals surface area contributed by atoms with E-state index < -0.39 is 23.5 Å². The molecule has 0 saturated carbocycles. The summed E-state index contributed by atoms with van der Waals surface area (Å²) in [5.41, 5.74) is -0.394. The molecule has 0 saturated heterocycles. The molecule has 21 heavy (non-hydrogen) atoms. The first-order valence-electron chi connectivity index (χ1n) is 6.51. The van der Waals surface area contributed by atoms with E-state index in [-0.39, 0.29) is 24.5 Å². The van der Waals surface area contributed by atoms with Gasteiger partial charge in [0.05, 0.1) is 11.0 Å². The van der Waals surface area contributed by atoms with Crippen molar-refractivity contribution in [2.75, 3.05) is 13.2 Å². The van der Waals surface area contributed by atoms with Crippen molar-refractivity contribution in [3.63, 3.8) is 0 Å². The van der Waals surface area contributed by atoms with Gasteiger partial charge in [0.25, 0.3) is 0 Å². The maximum absolute atomic E-state index is 11.6. The highest BCUT2D eigenvalue weighted by Gasteiger charge is 2.24. The molecule has 6 nitrogen and oxygen atoms in total. The van der Waals surface area contributed by atoms with Crippen LogP contribution in [0.3, 0.4) is 0 Å². The van der Waals surface area contributed by atoms with E-state index in [2.05, 4.69) is 0 Å². The van der Waals surface area contributed by atoms with Crippen molar-refractivity contribution in [3.8, 4) is 5.75 Å². The van der Waals surface area contributed by atoms with Crippen LogP contribution < -0.4 is 0 Å². The first-order valence-corrected chi connectivity index (χ1v) is 6.51. The maximum atomic E-state index is 11.6. The zero-order valence-corrected chi connectivity index (χ0v) is 12.3. The van der Waals surface area contributed by atoms with Crippen molar-refractivity contribution < 1.29 is 29.3 Å². The van der Waals surface area contributed by atoms with E-state index in [1.807, 2.05) is 0 Å². The first kappa shape index (κ1) is 17.0. The number of aliphatic hydroxyl groups excluding tert-OH is 1. The van der Waals surface area contributed by atoms with E-state index >= 15 is 0 Å². The standard InChI is InChI=1S/C15H20O6/c1-15(2,3)14(19)21-9-12(17)8-20-13(18)10-4-6-11(16)7-5-10/h4-7,12,16-17H,8-9H2,1-3H3. The third-order valence-electron chi connectivity index (χ3n) is 2.53. The molecule has 116 valence electrons. The monoisotopic (exact) mass is 296 g/mol. The SMILES string of the molecule is CC(C)(C)C(=O)OCC(O)COC(=O)c1ccc(O)cc1. The summed E-state index contributed by atoms with van der Waals surface area (Å²) in [5.74, 6) is -1.02. The summed E-state index contributed by atoms with van der Waals surface area (Å²) in [7, 11) is 0. The quantitative estimate of drug-likeness (QED) is 0.800. The number of hydrogen-bond donors (Lipinski definition) is 2. The summed E-state index contributed by atoms with van der Waals surface area (Å²) in [6.45, 7) is 4.59. The van der Waals surface area contributed by atoms with Crippen molar-refractivity contribution in [1.82, 2.24) is 0 Å². The number of carbonyl (C=O) groups is 2. The van der Waals surface area contributed by atoms with E-state index in [4.69, 9.17) is 14.6 Å². The molecule has 0 aliphatic carbocycles. The number of phenolic OH excluding ortho intramolecular Hbond substituents is 1. The van der Waals surface area contributed by atoms with Crippen LogP contribution in [0.1, 0.15) is 31.1 Å². The van der Waals surface area contributed by atoms with Gasteiger partial charge in [0.2, 0.25) is 0 Å². The molecular weight excluding hydrogens is 276 g/mol. The molecular formula is C15H20O6. The molecule has 0 heterocycles. The number of ether oxygens (including phenoxy) is 2. The van der Waals surface area contributed by atoms with Gasteiger partial charge in [0, 0.05) is 0 Å². The smallest absolute Gasteiger partial charge is 0.338 e. The molecule has 1 unspecified atom stereocenters. The normalized spacial score (nSPS) is 12.6. The summed E-state index contributed by atoms with van der Waals surface area (Å²) < 4.78 is 9.79. The minimum atomic E-state index is -1.09. The van der Waals surface area contributed by atoms with Gasteiger partial charge in [-0.15, -0.1) is 0 Å². The zero-order valence-electron chi connectivity index (χ0n) is 12.3. The largest absolute Gasteiger partial charge is 0.508 e. The lowest BCUT2D eigenvalue weighted by Crippen LogP contribution is -2.30. The van der Waals surface area contributed by atoms with E-state index in [9.17, 15) is 14.7 Å². The van der Waals surface area contributed by atoms with Crippen LogP contribution in [0.15, 0.2) is 24.3 Å². The van der Waals surface area contributed by atoms with Crippen LogP contribution in [-0.4, -0.2) is 41.5 Å². The Hall–Kier alpha value is -2.08. The molecule has 2 N–H and O–H groups in total. The number of benzene rings is 1. The molecule has 1 aromatic rings. The highest BCUT2D eigenvalue weighted by atomic mass is 16.6. The predicted octanol–water partition coefficient (Wildman–Crippen LogP) is 1.50. The number of esters is 2. The molecule has 1 atom stereocenters. The molecule has 0 aromatic heterocycles. The second-order valence-electron chi connectivity index (χ2n) is 5.65. The number of carbonyl (C=O) groups excluding carboxylic acids is 2. The van der Waals surface area contributed by atoms with E-state index in [0.29, 0.717) is 0 Å². The van der Waals surface area contributed by atoms with Gasteiger partial charge in [-0.1, -0.05) is 0 Å². The van der Waals surface area contributed by atoms with Crippen LogP contribution in [-0.2, 0) is 14.3 Å². The Morgan fingerprint density at radius 1 is 1.10 bits per heavy atom. The van der Waals surface area contributed by atoms with Crippen LogP contribution in [0.5, 0.6) is 5.75 Å². The number of aromatic hydroxyl groups is 1. The van der Waals surface area contributed by atoms with Gasteiger partial charge in [0.1, 0.15) is 25.1 Å². The topological polar surface area (TPSA) is 93.1 Å². The van der Waals surface area contributed by atoms with Crippen LogP contribution >= 0.6 is 0 Å². The molecule has 6 heteroatoms. The summed E-state index contributed by atoms with van der Waals surface area (Å²) in [6.07, 6.45) is -1.09. The summed E-state index contributed by atoms with van der Waals surface area (Å²) in [6, 6.07) is 5.53. The second kappa shape index (κ2) is 7.08. The third kappa shape index (κ3) is 5.83. The van der Waals surface area contributed by atoms with Crippen molar-refractivity contribution >= 4 is 11.9 Å². The Labute approximate surface area is 123 Å². The predicted molar refractivity (Wildman–Crippen MR) is 74.8 cm³/mol. The molecule has 0 radical (unpaired) electrons. The van der Waals surface area contributed by atoms with Gasteiger partial charge >= 0.3 is 11.9 Å². The Morgan fingerprint density at radius 2 is 1.62 bits per heavy atom. The second-order valence-corrected chi connectivity index (χ2v) is 5.65. The highest BCUT2D eigenvalue weighted by Crippen LogP contribution is 2.15. The van der Waals surface area contributed by atoms with Crippen LogP contribution in [0.4, 0.5) is 0 Å². The third-order valence-corrected chi connectivity index (χ3v) is 2.53. The summed E-state index contributed by atoms with van der Waals surface area (Å²) >= 11 is 0.